The maximum atomic E-state index is 12.9. The number of halogens is 1. The molecule has 9 heteroatoms. The van der Waals surface area contributed by atoms with Crippen molar-refractivity contribution < 1.29 is 23.2 Å². The second-order valence-electron chi connectivity index (χ2n) is 5.20. The van der Waals surface area contributed by atoms with Gasteiger partial charge in [-0.2, -0.15) is 5.06 Å². The molecule has 1 aromatic carbocycles. The second-order valence-corrected chi connectivity index (χ2v) is 8.25. The lowest BCUT2D eigenvalue weighted by Crippen LogP contribution is -2.28. The number of hydroxylamine groups is 2. The monoisotopic (exact) mass is 420 g/mol. The fraction of sp³-hybridized carbons (Fsp3) is 0.533. The van der Waals surface area contributed by atoms with Gasteiger partial charge in [0.05, 0.1) is 18.9 Å². The average Bonchev–Trinajstić information content (AvgIpc) is 2.93. The Kier molecular flexibility index (Phi) is 6.98. The molecule has 0 aromatic heterocycles. The van der Waals surface area contributed by atoms with Crippen LogP contribution in [0, 0.1) is 0 Å². The van der Waals surface area contributed by atoms with E-state index in [1.54, 1.807) is 27.0 Å². The highest BCUT2D eigenvalue weighted by Crippen LogP contribution is 2.57. The van der Waals surface area contributed by atoms with Gasteiger partial charge >= 0.3 is 7.60 Å². The number of nitrogens with one attached hydrogen (secondary N) is 1. The zero-order valence-corrected chi connectivity index (χ0v) is 16.4. The highest BCUT2D eigenvalue weighted by Gasteiger charge is 2.48. The summed E-state index contributed by atoms with van der Waals surface area (Å²) in [6, 6.07) is 7.29. The quantitative estimate of drug-likeness (QED) is 0.678. The maximum absolute atomic E-state index is 12.9. The van der Waals surface area contributed by atoms with Crippen LogP contribution in [0.4, 0.5) is 5.69 Å². The third-order valence-corrected chi connectivity index (χ3v) is 6.74. The van der Waals surface area contributed by atoms with Crippen LogP contribution in [0.15, 0.2) is 28.7 Å². The summed E-state index contributed by atoms with van der Waals surface area (Å²) in [4.78, 5) is 18.0. The van der Waals surface area contributed by atoms with Gasteiger partial charge in [-0.1, -0.05) is 12.1 Å². The largest absolute Gasteiger partial charge is 0.350 e. The van der Waals surface area contributed by atoms with Crippen LogP contribution >= 0.6 is 23.5 Å². The number of nitrogens with zero attached hydrogens (tertiary/aromatic N) is 1. The number of rotatable bonds is 7. The molecule has 1 fully saturated rings. The molecular weight excluding hydrogens is 399 g/mol. The predicted molar refractivity (Wildman–Crippen MR) is 94.7 cm³/mol. The lowest BCUT2D eigenvalue weighted by molar-refractivity contribution is -0.155. The summed E-state index contributed by atoms with van der Waals surface area (Å²) in [5.41, 5.74) is 0.648. The second kappa shape index (κ2) is 8.56. The number of anilines is 1. The molecular formula is C15H22BrN2O5P. The van der Waals surface area contributed by atoms with Gasteiger partial charge in [0.15, 0.2) is 6.10 Å². The predicted octanol–water partition coefficient (Wildman–Crippen LogP) is 3.62. The van der Waals surface area contributed by atoms with Crippen LogP contribution in [0.5, 0.6) is 0 Å². The van der Waals surface area contributed by atoms with E-state index < -0.39 is 19.5 Å². The molecule has 0 spiro atoms. The van der Waals surface area contributed by atoms with E-state index in [9.17, 15) is 9.36 Å². The molecule has 2 rings (SSSR count). The van der Waals surface area contributed by atoms with E-state index in [0.29, 0.717) is 5.69 Å². The molecule has 1 heterocycles. The Morgan fingerprint density at radius 3 is 2.58 bits per heavy atom. The van der Waals surface area contributed by atoms with E-state index in [-0.39, 0.29) is 25.5 Å². The SMILES string of the molecule is CCOP(=O)(OCC)[C@@H]1C[C@@H](C(=O)Nc2ccccc2Br)ON1C. The summed E-state index contributed by atoms with van der Waals surface area (Å²) in [5, 5.41) is 4.20. The van der Waals surface area contributed by atoms with E-state index in [2.05, 4.69) is 21.2 Å². The first kappa shape index (κ1) is 19.6. The van der Waals surface area contributed by atoms with Crippen LogP contribution in [0.2, 0.25) is 0 Å². The fourth-order valence-corrected chi connectivity index (χ4v) is 4.91. The molecule has 2 atom stereocenters. The van der Waals surface area contributed by atoms with E-state index >= 15 is 0 Å². The summed E-state index contributed by atoms with van der Waals surface area (Å²) >= 11 is 3.38. The summed E-state index contributed by atoms with van der Waals surface area (Å²) in [7, 11) is -1.75. The molecule has 0 unspecified atom stereocenters. The van der Waals surface area contributed by atoms with Crippen molar-refractivity contribution in [3.8, 4) is 0 Å². The topological polar surface area (TPSA) is 77.1 Å². The van der Waals surface area contributed by atoms with Crippen molar-refractivity contribution >= 4 is 35.1 Å². The Morgan fingerprint density at radius 1 is 1.38 bits per heavy atom. The molecule has 0 radical (unpaired) electrons. The van der Waals surface area contributed by atoms with Gasteiger partial charge in [-0.15, -0.1) is 0 Å². The van der Waals surface area contributed by atoms with Crippen LogP contribution in [-0.4, -0.2) is 43.1 Å². The van der Waals surface area contributed by atoms with Crippen molar-refractivity contribution in [2.75, 3.05) is 25.6 Å². The Hall–Kier alpha value is -0.760. The molecule has 0 saturated carbocycles. The van der Waals surface area contributed by atoms with E-state index in [4.69, 9.17) is 13.9 Å². The average molecular weight is 421 g/mol. The van der Waals surface area contributed by atoms with Crippen LogP contribution in [0.3, 0.4) is 0 Å². The third-order valence-electron chi connectivity index (χ3n) is 3.55. The van der Waals surface area contributed by atoms with Gasteiger partial charge in [-0.3, -0.25) is 14.2 Å². The van der Waals surface area contributed by atoms with Gasteiger partial charge in [-0.05, 0) is 41.9 Å². The molecule has 1 N–H and O–H groups in total. The zero-order valence-electron chi connectivity index (χ0n) is 13.9. The molecule has 1 aromatic rings. The summed E-state index contributed by atoms with van der Waals surface area (Å²) in [5.74, 6) is -0.928. The van der Waals surface area contributed by atoms with Gasteiger partial charge in [0, 0.05) is 17.9 Å². The van der Waals surface area contributed by atoms with Gasteiger partial charge in [0.25, 0.3) is 5.91 Å². The number of carbonyl (C=O) groups is 1. The van der Waals surface area contributed by atoms with Crippen molar-refractivity contribution in [2.45, 2.75) is 32.2 Å². The van der Waals surface area contributed by atoms with Crippen LogP contribution in [-0.2, 0) is 23.2 Å². The molecule has 1 aliphatic rings. The number of hydrogen-bond donors (Lipinski definition) is 1. The third kappa shape index (κ3) is 4.45. The smallest absolute Gasteiger partial charge is 0.323 e. The lowest BCUT2D eigenvalue weighted by Gasteiger charge is -2.25. The Labute approximate surface area is 150 Å². The Balaban J connectivity index is 2.08. The molecule has 7 nitrogen and oxygen atoms in total. The van der Waals surface area contributed by atoms with Gasteiger partial charge in [-0.25, -0.2) is 0 Å². The summed E-state index contributed by atoms with van der Waals surface area (Å²) in [6.45, 7) is 4.02. The Bertz CT molecular complexity index is 620. The normalized spacial score (nSPS) is 21.8. The molecule has 0 aliphatic carbocycles. The van der Waals surface area contributed by atoms with Crippen molar-refractivity contribution in [3.05, 3.63) is 28.7 Å². The zero-order chi connectivity index (χ0) is 17.7. The van der Waals surface area contributed by atoms with Crippen molar-refractivity contribution in [2.24, 2.45) is 0 Å². The number of para-hydroxylation sites is 1. The van der Waals surface area contributed by atoms with E-state index in [0.717, 1.165) is 4.47 Å². The highest BCUT2D eigenvalue weighted by molar-refractivity contribution is 9.10. The van der Waals surface area contributed by atoms with Crippen molar-refractivity contribution in [1.29, 1.82) is 0 Å². The molecule has 1 aliphatic heterocycles. The molecule has 134 valence electrons. The van der Waals surface area contributed by atoms with Crippen LogP contribution in [0.1, 0.15) is 20.3 Å². The first-order valence-corrected chi connectivity index (χ1v) is 10.2. The van der Waals surface area contributed by atoms with E-state index in [1.807, 2.05) is 18.2 Å². The van der Waals surface area contributed by atoms with Crippen molar-refractivity contribution in [1.82, 2.24) is 5.06 Å². The number of carbonyl (C=O) groups excluding carboxylic acids is 1. The first-order valence-electron chi connectivity index (χ1n) is 7.75. The van der Waals surface area contributed by atoms with Crippen LogP contribution < -0.4 is 5.32 Å². The minimum Gasteiger partial charge on any atom is -0.323 e. The summed E-state index contributed by atoms with van der Waals surface area (Å²) < 4.78 is 24.4. The minimum atomic E-state index is -3.38. The van der Waals surface area contributed by atoms with Crippen molar-refractivity contribution in [3.63, 3.8) is 0 Å². The van der Waals surface area contributed by atoms with Gasteiger partial charge < -0.3 is 14.4 Å². The lowest BCUT2D eigenvalue weighted by atomic mass is 10.2. The number of hydrogen-bond acceptors (Lipinski definition) is 6. The van der Waals surface area contributed by atoms with E-state index in [1.165, 1.54) is 5.06 Å². The Morgan fingerprint density at radius 2 is 2.00 bits per heavy atom. The van der Waals surface area contributed by atoms with Crippen LogP contribution in [0.25, 0.3) is 0 Å². The fourth-order valence-electron chi connectivity index (χ4n) is 2.48. The highest BCUT2D eigenvalue weighted by atomic mass is 79.9. The first-order chi connectivity index (χ1) is 11.4. The number of amides is 1. The molecule has 0 bridgehead atoms. The standard InChI is InChI=1S/C15H22BrN2O5P/c1-4-21-24(20,22-5-2)14-10-13(23-18(14)3)15(19)17-12-9-7-6-8-11(12)16/h6-9,13-14H,4-5,10H2,1-3H3,(H,17,19)/t13-,14+/m0/s1. The summed E-state index contributed by atoms with van der Waals surface area (Å²) in [6.07, 6.45) is -0.536. The maximum Gasteiger partial charge on any atom is 0.350 e. The van der Waals surface area contributed by atoms with Gasteiger partial charge in [0.2, 0.25) is 0 Å². The minimum absolute atomic E-state index is 0.226. The van der Waals surface area contributed by atoms with Gasteiger partial charge in [0.1, 0.15) is 5.78 Å². The molecule has 1 saturated heterocycles. The molecule has 1 amide bonds. The molecule has 24 heavy (non-hydrogen) atoms. The number of benzene rings is 1.